The summed E-state index contributed by atoms with van der Waals surface area (Å²) in [6.07, 6.45) is 0. The van der Waals surface area contributed by atoms with Gasteiger partial charge in [0.15, 0.2) is 11.6 Å². The van der Waals surface area contributed by atoms with Crippen LogP contribution < -0.4 is 10.1 Å². The standard InChI is InChI=1S/C17H20FNOS/c1-3-19-11-13-4-7-15(8-5-13)21-12-14-6-9-17(20-2)16(18)10-14/h4-10,19H,3,11-12H2,1-2H3. The predicted molar refractivity (Wildman–Crippen MR) is 86.3 cm³/mol. The summed E-state index contributed by atoms with van der Waals surface area (Å²) < 4.78 is 18.5. The van der Waals surface area contributed by atoms with Gasteiger partial charge in [-0.3, -0.25) is 0 Å². The van der Waals surface area contributed by atoms with Crippen molar-refractivity contribution in [1.82, 2.24) is 5.32 Å². The first kappa shape index (κ1) is 15.9. The second-order valence-electron chi connectivity index (χ2n) is 4.68. The highest BCUT2D eigenvalue weighted by Gasteiger charge is 2.04. The molecule has 0 aliphatic heterocycles. The monoisotopic (exact) mass is 305 g/mol. The van der Waals surface area contributed by atoms with E-state index in [1.807, 2.05) is 6.07 Å². The highest BCUT2D eigenvalue weighted by atomic mass is 32.2. The first-order valence-electron chi connectivity index (χ1n) is 6.97. The number of hydrogen-bond acceptors (Lipinski definition) is 3. The molecular weight excluding hydrogens is 285 g/mol. The van der Waals surface area contributed by atoms with Crippen LogP contribution in [-0.4, -0.2) is 13.7 Å². The van der Waals surface area contributed by atoms with Crippen LogP contribution in [0.4, 0.5) is 4.39 Å². The number of rotatable bonds is 7. The second-order valence-corrected chi connectivity index (χ2v) is 5.73. The lowest BCUT2D eigenvalue weighted by Gasteiger charge is -2.06. The van der Waals surface area contributed by atoms with E-state index in [1.165, 1.54) is 23.6 Å². The average molecular weight is 305 g/mol. The van der Waals surface area contributed by atoms with E-state index in [9.17, 15) is 4.39 Å². The Morgan fingerprint density at radius 3 is 2.43 bits per heavy atom. The molecule has 0 heterocycles. The van der Waals surface area contributed by atoms with Gasteiger partial charge in [0.25, 0.3) is 0 Å². The van der Waals surface area contributed by atoms with E-state index >= 15 is 0 Å². The van der Waals surface area contributed by atoms with Gasteiger partial charge in [-0.1, -0.05) is 25.1 Å². The normalized spacial score (nSPS) is 10.6. The minimum Gasteiger partial charge on any atom is -0.494 e. The van der Waals surface area contributed by atoms with Crippen molar-refractivity contribution in [2.75, 3.05) is 13.7 Å². The van der Waals surface area contributed by atoms with E-state index in [2.05, 4.69) is 36.5 Å². The van der Waals surface area contributed by atoms with Crippen LogP contribution >= 0.6 is 11.8 Å². The largest absolute Gasteiger partial charge is 0.494 e. The highest BCUT2D eigenvalue weighted by Crippen LogP contribution is 2.25. The Morgan fingerprint density at radius 1 is 1.10 bits per heavy atom. The molecule has 0 aliphatic carbocycles. The van der Waals surface area contributed by atoms with Crippen molar-refractivity contribution >= 4 is 11.8 Å². The molecule has 2 nitrogen and oxygen atoms in total. The van der Waals surface area contributed by atoms with Crippen LogP contribution in [0.2, 0.25) is 0 Å². The Labute approximate surface area is 129 Å². The summed E-state index contributed by atoms with van der Waals surface area (Å²) in [5, 5.41) is 3.30. The van der Waals surface area contributed by atoms with Gasteiger partial charge in [-0.2, -0.15) is 0 Å². The van der Waals surface area contributed by atoms with Gasteiger partial charge in [0.2, 0.25) is 0 Å². The van der Waals surface area contributed by atoms with E-state index in [0.717, 1.165) is 24.4 Å². The molecule has 0 radical (unpaired) electrons. The average Bonchev–Trinajstić information content (AvgIpc) is 2.52. The fraction of sp³-hybridized carbons (Fsp3) is 0.294. The zero-order valence-corrected chi connectivity index (χ0v) is 13.2. The van der Waals surface area contributed by atoms with E-state index in [1.54, 1.807) is 17.8 Å². The minimum absolute atomic E-state index is 0.288. The molecule has 0 unspecified atom stereocenters. The molecule has 112 valence electrons. The molecule has 0 aromatic heterocycles. The fourth-order valence-electron chi connectivity index (χ4n) is 1.94. The van der Waals surface area contributed by atoms with Gasteiger partial charge in [0.1, 0.15) is 0 Å². The molecule has 2 rings (SSSR count). The third-order valence-corrected chi connectivity index (χ3v) is 4.21. The van der Waals surface area contributed by atoms with Crippen molar-refractivity contribution in [3.8, 4) is 5.75 Å². The molecule has 0 aliphatic rings. The lowest BCUT2D eigenvalue weighted by Crippen LogP contribution is -2.11. The molecule has 0 atom stereocenters. The fourth-order valence-corrected chi connectivity index (χ4v) is 2.78. The maximum Gasteiger partial charge on any atom is 0.165 e. The van der Waals surface area contributed by atoms with Gasteiger partial charge >= 0.3 is 0 Å². The molecule has 0 amide bonds. The van der Waals surface area contributed by atoms with Crippen LogP contribution in [-0.2, 0) is 12.3 Å². The van der Waals surface area contributed by atoms with Crippen LogP contribution in [0.25, 0.3) is 0 Å². The molecule has 0 bridgehead atoms. The van der Waals surface area contributed by atoms with Crippen LogP contribution in [0.5, 0.6) is 5.75 Å². The lowest BCUT2D eigenvalue weighted by molar-refractivity contribution is 0.386. The summed E-state index contributed by atoms with van der Waals surface area (Å²) in [6.45, 7) is 3.96. The summed E-state index contributed by atoms with van der Waals surface area (Å²) in [4.78, 5) is 1.19. The Morgan fingerprint density at radius 2 is 1.81 bits per heavy atom. The van der Waals surface area contributed by atoms with Crippen molar-refractivity contribution in [3.05, 3.63) is 59.4 Å². The molecule has 0 spiro atoms. The van der Waals surface area contributed by atoms with Gasteiger partial charge in [-0.05, 0) is 41.9 Å². The van der Waals surface area contributed by atoms with Gasteiger partial charge in [-0.15, -0.1) is 11.8 Å². The Bertz CT molecular complexity index is 572. The molecule has 4 heteroatoms. The summed E-state index contributed by atoms with van der Waals surface area (Å²) in [5.74, 6) is 0.723. The third-order valence-electron chi connectivity index (χ3n) is 3.12. The van der Waals surface area contributed by atoms with Gasteiger partial charge in [0, 0.05) is 17.2 Å². The third kappa shape index (κ3) is 4.76. The molecule has 1 N–H and O–H groups in total. The predicted octanol–water partition coefficient (Wildman–Crippen LogP) is 4.24. The number of halogens is 1. The molecule has 21 heavy (non-hydrogen) atoms. The Hall–Kier alpha value is -1.52. The van der Waals surface area contributed by atoms with Gasteiger partial charge < -0.3 is 10.1 Å². The Balaban J connectivity index is 1.92. The summed E-state index contributed by atoms with van der Waals surface area (Å²) in [5.41, 5.74) is 2.23. The molecule has 2 aromatic carbocycles. The number of hydrogen-bond donors (Lipinski definition) is 1. The number of nitrogens with one attached hydrogen (secondary N) is 1. The van der Waals surface area contributed by atoms with Gasteiger partial charge in [-0.25, -0.2) is 4.39 Å². The second kappa shape index (κ2) is 8.05. The molecule has 0 saturated heterocycles. The molecular formula is C17H20FNOS. The maximum atomic E-state index is 13.6. The maximum absolute atomic E-state index is 13.6. The zero-order valence-electron chi connectivity index (χ0n) is 12.4. The van der Waals surface area contributed by atoms with Gasteiger partial charge in [0.05, 0.1) is 7.11 Å². The lowest BCUT2D eigenvalue weighted by atomic mass is 10.2. The minimum atomic E-state index is -0.309. The SMILES string of the molecule is CCNCc1ccc(SCc2ccc(OC)c(F)c2)cc1. The summed E-state index contributed by atoms with van der Waals surface area (Å²) in [6, 6.07) is 13.6. The first-order valence-corrected chi connectivity index (χ1v) is 7.96. The van der Waals surface area contributed by atoms with Crippen molar-refractivity contribution in [2.45, 2.75) is 24.1 Å². The number of ether oxygens (including phenoxy) is 1. The van der Waals surface area contributed by atoms with Crippen LogP contribution in [0, 0.1) is 5.82 Å². The first-order chi connectivity index (χ1) is 10.2. The van der Waals surface area contributed by atoms with Crippen molar-refractivity contribution in [1.29, 1.82) is 0 Å². The Kier molecular flexibility index (Phi) is 6.08. The van der Waals surface area contributed by atoms with E-state index in [-0.39, 0.29) is 11.6 Å². The summed E-state index contributed by atoms with van der Waals surface area (Å²) >= 11 is 1.70. The van der Waals surface area contributed by atoms with E-state index in [4.69, 9.17) is 4.74 Å². The smallest absolute Gasteiger partial charge is 0.165 e. The van der Waals surface area contributed by atoms with Crippen LogP contribution in [0.3, 0.4) is 0 Å². The number of benzene rings is 2. The molecule has 0 fully saturated rings. The zero-order chi connectivity index (χ0) is 15.1. The number of thioether (sulfide) groups is 1. The topological polar surface area (TPSA) is 21.3 Å². The van der Waals surface area contributed by atoms with Crippen molar-refractivity contribution < 1.29 is 9.13 Å². The van der Waals surface area contributed by atoms with Crippen molar-refractivity contribution in [3.63, 3.8) is 0 Å². The molecule has 2 aromatic rings. The molecule has 0 saturated carbocycles. The summed E-state index contributed by atoms with van der Waals surface area (Å²) in [7, 11) is 1.47. The van der Waals surface area contributed by atoms with E-state index < -0.39 is 0 Å². The van der Waals surface area contributed by atoms with Crippen molar-refractivity contribution in [2.24, 2.45) is 0 Å². The quantitative estimate of drug-likeness (QED) is 0.773. The highest BCUT2D eigenvalue weighted by molar-refractivity contribution is 7.98. The van der Waals surface area contributed by atoms with E-state index in [0.29, 0.717) is 0 Å². The number of methoxy groups -OCH3 is 1. The van der Waals surface area contributed by atoms with Crippen LogP contribution in [0.1, 0.15) is 18.1 Å². The van der Waals surface area contributed by atoms with Crippen LogP contribution in [0.15, 0.2) is 47.4 Å².